The van der Waals surface area contributed by atoms with Crippen molar-refractivity contribution in [2.45, 2.75) is 13.0 Å². The third kappa shape index (κ3) is 4.70. The fourth-order valence-corrected chi connectivity index (χ4v) is 3.74. The highest BCUT2D eigenvalue weighted by atomic mass is 32.1. The van der Waals surface area contributed by atoms with Crippen molar-refractivity contribution >= 4 is 23.2 Å². The Morgan fingerprint density at radius 2 is 1.81 bits per heavy atom. The summed E-state index contributed by atoms with van der Waals surface area (Å²) in [6, 6.07) is 7.28. The van der Waals surface area contributed by atoms with Gasteiger partial charge in [-0.05, 0) is 36.6 Å². The summed E-state index contributed by atoms with van der Waals surface area (Å²) in [5, 5.41) is 3.68. The predicted molar refractivity (Wildman–Crippen MR) is 98.4 cm³/mol. The van der Waals surface area contributed by atoms with Gasteiger partial charge in [0.2, 0.25) is 0 Å². The van der Waals surface area contributed by atoms with Gasteiger partial charge in [0.05, 0.1) is 4.88 Å². The topological polar surface area (TPSA) is 57.2 Å². The van der Waals surface area contributed by atoms with Gasteiger partial charge in [-0.1, -0.05) is 6.07 Å². The zero-order valence-corrected chi connectivity index (χ0v) is 15.8. The maximum absolute atomic E-state index is 13.3. The molecule has 1 atom stereocenters. The second-order valence-electron chi connectivity index (χ2n) is 6.55. The van der Waals surface area contributed by atoms with E-state index in [-0.39, 0.29) is 24.4 Å². The molecule has 0 radical (unpaired) electrons. The van der Waals surface area contributed by atoms with Gasteiger partial charge in [-0.3, -0.25) is 9.59 Å². The van der Waals surface area contributed by atoms with E-state index >= 15 is 0 Å². The average Bonchev–Trinajstić information content (AvgIpc) is 3.22. The van der Waals surface area contributed by atoms with E-state index in [4.69, 9.17) is 0 Å². The first-order chi connectivity index (χ1) is 13.0. The fraction of sp³-hybridized carbons (Fsp3) is 0.368. The van der Waals surface area contributed by atoms with Gasteiger partial charge < -0.3 is 15.1 Å². The molecule has 5 nitrogen and oxygen atoms in total. The fourth-order valence-electron chi connectivity index (χ4n) is 3.05. The van der Waals surface area contributed by atoms with Crippen LogP contribution >= 0.6 is 11.3 Å². The molecule has 1 aromatic carbocycles. The highest BCUT2D eigenvalue weighted by Crippen LogP contribution is 2.14. The predicted octanol–water partition coefficient (Wildman–Crippen LogP) is 1.64. The molecule has 8 heteroatoms. The zero-order chi connectivity index (χ0) is 19.4. The van der Waals surface area contributed by atoms with E-state index in [1.807, 2.05) is 18.4 Å². The molecule has 2 amide bonds. The van der Waals surface area contributed by atoms with Gasteiger partial charge >= 0.3 is 0 Å². The zero-order valence-electron chi connectivity index (χ0n) is 15.0. The second-order valence-corrected chi connectivity index (χ2v) is 7.50. The van der Waals surface area contributed by atoms with Crippen molar-refractivity contribution in [3.63, 3.8) is 0 Å². The number of quaternary nitrogens is 1. The van der Waals surface area contributed by atoms with Gasteiger partial charge in [0.1, 0.15) is 6.04 Å². The summed E-state index contributed by atoms with van der Waals surface area (Å²) in [4.78, 5) is 29.0. The first-order valence-corrected chi connectivity index (χ1v) is 9.72. The number of benzene rings is 1. The lowest BCUT2D eigenvalue weighted by Crippen LogP contribution is -2.87. The molecule has 144 valence electrons. The molecule has 0 saturated carbocycles. The standard InChI is InChI=1S/C19H21F2N3O2S/c1-13(14-4-5-15(20)16(21)11-14)22-12-18(25)23-6-8-24(9-7-23)19(26)17-3-2-10-27-17/h2-5,10-11,13,22H,6-9,12H2,1H3/p+1/t13-/m1/s1. The molecule has 2 aromatic rings. The monoisotopic (exact) mass is 394 g/mol. The first kappa shape index (κ1) is 19.4. The SMILES string of the molecule is C[C@@H]([NH2+]CC(=O)N1CCN(C(=O)c2cccs2)CC1)c1ccc(F)c(F)c1. The van der Waals surface area contributed by atoms with Crippen LogP contribution in [0.5, 0.6) is 0 Å². The number of rotatable bonds is 5. The van der Waals surface area contributed by atoms with Crippen LogP contribution < -0.4 is 5.32 Å². The van der Waals surface area contributed by atoms with Gasteiger partial charge in [-0.15, -0.1) is 11.3 Å². The maximum atomic E-state index is 13.3. The van der Waals surface area contributed by atoms with Crippen LogP contribution in [-0.2, 0) is 4.79 Å². The minimum absolute atomic E-state index is 0.00983. The molecule has 3 rings (SSSR count). The van der Waals surface area contributed by atoms with E-state index in [1.165, 1.54) is 17.4 Å². The summed E-state index contributed by atoms with van der Waals surface area (Å²) < 4.78 is 26.4. The van der Waals surface area contributed by atoms with Crippen LogP contribution in [0.3, 0.4) is 0 Å². The Balaban J connectivity index is 1.46. The minimum Gasteiger partial charge on any atom is -0.334 e. The van der Waals surface area contributed by atoms with Gasteiger partial charge in [-0.25, -0.2) is 8.78 Å². The summed E-state index contributed by atoms with van der Waals surface area (Å²) in [7, 11) is 0. The summed E-state index contributed by atoms with van der Waals surface area (Å²) in [5.74, 6) is -1.77. The van der Waals surface area contributed by atoms with Crippen LogP contribution in [-0.4, -0.2) is 54.3 Å². The Hall–Kier alpha value is -2.32. The molecular weight excluding hydrogens is 372 g/mol. The average molecular weight is 394 g/mol. The van der Waals surface area contributed by atoms with Crippen LogP contribution in [0.25, 0.3) is 0 Å². The smallest absolute Gasteiger partial charge is 0.277 e. The largest absolute Gasteiger partial charge is 0.334 e. The summed E-state index contributed by atoms with van der Waals surface area (Å²) in [6.07, 6.45) is 0. The van der Waals surface area contributed by atoms with E-state index in [9.17, 15) is 18.4 Å². The highest BCUT2D eigenvalue weighted by molar-refractivity contribution is 7.12. The van der Waals surface area contributed by atoms with Gasteiger partial charge in [0, 0.05) is 31.7 Å². The minimum atomic E-state index is -0.884. The molecule has 1 saturated heterocycles. The van der Waals surface area contributed by atoms with Crippen LogP contribution in [0.4, 0.5) is 8.78 Å². The van der Waals surface area contributed by atoms with E-state index in [0.29, 0.717) is 36.6 Å². The van der Waals surface area contributed by atoms with Crippen molar-refractivity contribution in [1.29, 1.82) is 0 Å². The van der Waals surface area contributed by atoms with E-state index in [1.54, 1.807) is 21.2 Å². The van der Waals surface area contributed by atoms with Gasteiger partial charge in [-0.2, -0.15) is 0 Å². The lowest BCUT2D eigenvalue weighted by atomic mass is 10.1. The third-order valence-electron chi connectivity index (χ3n) is 4.77. The molecule has 0 bridgehead atoms. The van der Waals surface area contributed by atoms with Crippen molar-refractivity contribution < 1.29 is 23.7 Å². The summed E-state index contributed by atoms with van der Waals surface area (Å²) in [6.45, 7) is 4.10. The lowest BCUT2D eigenvalue weighted by molar-refractivity contribution is -0.683. The number of carbonyl (C=O) groups excluding carboxylic acids is 2. The van der Waals surface area contributed by atoms with Crippen molar-refractivity contribution in [2.75, 3.05) is 32.7 Å². The molecule has 0 unspecified atom stereocenters. The van der Waals surface area contributed by atoms with Crippen LogP contribution in [0.1, 0.15) is 28.2 Å². The van der Waals surface area contributed by atoms with Crippen molar-refractivity contribution in [2.24, 2.45) is 0 Å². The number of carbonyl (C=O) groups is 2. The number of amides is 2. The van der Waals surface area contributed by atoms with Crippen molar-refractivity contribution in [1.82, 2.24) is 9.80 Å². The van der Waals surface area contributed by atoms with Crippen LogP contribution in [0.2, 0.25) is 0 Å². The van der Waals surface area contributed by atoms with Crippen molar-refractivity contribution in [3.8, 4) is 0 Å². The van der Waals surface area contributed by atoms with Gasteiger partial charge in [0.15, 0.2) is 18.2 Å². The molecule has 27 heavy (non-hydrogen) atoms. The summed E-state index contributed by atoms with van der Waals surface area (Å²) in [5.41, 5.74) is 0.632. The van der Waals surface area contributed by atoms with Crippen LogP contribution in [0, 0.1) is 11.6 Å². The molecule has 1 aliphatic rings. The molecule has 1 aliphatic heterocycles. The first-order valence-electron chi connectivity index (χ1n) is 8.84. The number of thiophene rings is 1. The molecule has 1 aromatic heterocycles. The number of hydrogen-bond acceptors (Lipinski definition) is 3. The molecular formula is C19H22F2N3O2S+. The number of nitrogens with zero attached hydrogens (tertiary/aromatic N) is 2. The Kier molecular flexibility index (Phi) is 6.18. The van der Waals surface area contributed by atoms with Crippen LogP contribution in [0.15, 0.2) is 35.7 Å². The lowest BCUT2D eigenvalue weighted by Gasteiger charge is -2.34. The van der Waals surface area contributed by atoms with Gasteiger partial charge in [0.25, 0.3) is 11.8 Å². The highest BCUT2D eigenvalue weighted by Gasteiger charge is 2.26. The van der Waals surface area contributed by atoms with Crippen molar-refractivity contribution in [3.05, 3.63) is 57.8 Å². The Bertz CT molecular complexity index is 805. The third-order valence-corrected chi connectivity index (χ3v) is 5.62. The molecule has 0 aliphatic carbocycles. The molecule has 1 fully saturated rings. The Morgan fingerprint density at radius 1 is 1.11 bits per heavy atom. The number of halogens is 2. The summed E-state index contributed by atoms with van der Waals surface area (Å²) >= 11 is 1.42. The maximum Gasteiger partial charge on any atom is 0.277 e. The molecule has 2 N–H and O–H groups in total. The Labute approximate surface area is 160 Å². The number of piperazine rings is 1. The second kappa shape index (κ2) is 8.58. The molecule has 0 spiro atoms. The van der Waals surface area contributed by atoms with E-state index < -0.39 is 11.6 Å². The quantitative estimate of drug-likeness (QED) is 0.838. The normalized spacial score (nSPS) is 15.7. The molecule has 2 heterocycles. The number of hydrogen-bond donors (Lipinski definition) is 1. The van der Waals surface area contributed by atoms with E-state index in [0.717, 1.165) is 12.1 Å². The Morgan fingerprint density at radius 3 is 2.44 bits per heavy atom. The van der Waals surface area contributed by atoms with E-state index in [2.05, 4.69) is 0 Å². The number of nitrogens with two attached hydrogens (primary N) is 1.